The fourth-order valence-electron chi connectivity index (χ4n) is 5.38. The molecule has 1 aromatic carbocycles. The van der Waals surface area contributed by atoms with Crippen molar-refractivity contribution in [2.45, 2.75) is 84.7 Å². The standard InChI is InChI=1S/C29H38N2O/c1-27(2,3)26-21(12-15-30)9-11-22(32-26)10-8-20-18-23-25-24(19-20)29(6,7)14-17-31(25)16-13-28(23,4)5/h8,10-12,18-19,26H,9,13-14,16-17H2,1-7H3. The minimum absolute atomic E-state index is 0.0659. The fraction of sp³-hybridized carbons (Fsp3) is 0.552. The molecule has 0 spiro atoms. The zero-order chi connectivity index (χ0) is 23.3. The number of nitrogens with zero attached hydrogens (tertiary/aromatic N) is 2. The summed E-state index contributed by atoms with van der Waals surface area (Å²) in [6.07, 6.45) is 11.1. The summed E-state index contributed by atoms with van der Waals surface area (Å²) in [5.41, 5.74) is 7.07. The molecular weight excluding hydrogens is 392 g/mol. The molecular formula is C29H38N2O. The van der Waals surface area contributed by atoms with E-state index < -0.39 is 0 Å². The number of rotatable bonds is 2. The lowest BCUT2D eigenvalue weighted by Gasteiger charge is -2.48. The van der Waals surface area contributed by atoms with Gasteiger partial charge in [0.15, 0.2) is 0 Å². The molecule has 0 fully saturated rings. The van der Waals surface area contributed by atoms with Crippen LogP contribution in [0.25, 0.3) is 6.08 Å². The number of hydrogen-bond acceptors (Lipinski definition) is 3. The summed E-state index contributed by atoms with van der Waals surface area (Å²) in [5, 5.41) is 9.15. The van der Waals surface area contributed by atoms with Crippen LogP contribution in [0.4, 0.5) is 5.69 Å². The van der Waals surface area contributed by atoms with E-state index in [0.717, 1.165) is 30.8 Å². The monoisotopic (exact) mass is 430 g/mol. The third-order valence-electron chi connectivity index (χ3n) is 7.53. The molecule has 0 bridgehead atoms. The van der Waals surface area contributed by atoms with Crippen LogP contribution in [0.3, 0.4) is 0 Å². The Morgan fingerprint density at radius 3 is 2.16 bits per heavy atom. The minimum atomic E-state index is -0.0806. The van der Waals surface area contributed by atoms with E-state index in [0.29, 0.717) is 0 Å². The number of nitriles is 1. The molecule has 3 nitrogen and oxygen atoms in total. The lowest BCUT2D eigenvalue weighted by Crippen LogP contribution is -2.44. The van der Waals surface area contributed by atoms with Crippen LogP contribution in [0.5, 0.6) is 0 Å². The molecule has 1 aromatic rings. The molecule has 0 saturated heterocycles. The van der Waals surface area contributed by atoms with Gasteiger partial charge in [-0.05, 0) is 76.6 Å². The Morgan fingerprint density at radius 1 is 1.03 bits per heavy atom. The number of allylic oxidation sites excluding steroid dienone is 3. The van der Waals surface area contributed by atoms with E-state index in [-0.39, 0.29) is 22.3 Å². The maximum atomic E-state index is 9.15. The maximum Gasteiger partial charge on any atom is 0.126 e. The van der Waals surface area contributed by atoms with Gasteiger partial charge in [0.25, 0.3) is 0 Å². The molecule has 32 heavy (non-hydrogen) atoms. The van der Waals surface area contributed by atoms with E-state index in [1.165, 1.54) is 35.2 Å². The van der Waals surface area contributed by atoms with Gasteiger partial charge in [-0.25, -0.2) is 0 Å². The third kappa shape index (κ3) is 4.13. The quantitative estimate of drug-likeness (QED) is 0.472. The van der Waals surface area contributed by atoms with Gasteiger partial charge in [-0.15, -0.1) is 0 Å². The lowest BCUT2D eigenvalue weighted by atomic mass is 9.69. The molecule has 3 aliphatic rings. The molecule has 3 aliphatic heterocycles. The first-order chi connectivity index (χ1) is 14.9. The molecule has 4 rings (SSSR count). The number of benzene rings is 1. The van der Waals surface area contributed by atoms with Crippen molar-refractivity contribution in [3.63, 3.8) is 0 Å². The van der Waals surface area contributed by atoms with E-state index in [9.17, 15) is 0 Å². The Bertz CT molecular complexity index is 999. The highest BCUT2D eigenvalue weighted by atomic mass is 16.5. The SMILES string of the molecule is CC1(C)CCN2CCC(C)(C)c3cc(C=CC4=CCC(=CC#N)C(C(C)(C)C)O4)cc1c32. The van der Waals surface area contributed by atoms with Gasteiger partial charge in [0.1, 0.15) is 11.9 Å². The summed E-state index contributed by atoms with van der Waals surface area (Å²) in [5.74, 6) is 0.895. The normalized spacial score (nSPS) is 25.2. The third-order valence-corrected chi connectivity index (χ3v) is 7.53. The topological polar surface area (TPSA) is 36.3 Å². The van der Waals surface area contributed by atoms with Crippen molar-refractivity contribution in [1.82, 2.24) is 0 Å². The van der Waals surface area contributed by atoms with Crippen molar-refractivity contribution in [2.75, 3.05) is 18.0 Å². The summed E-state index contributed by atoms with van der Waals surface area (Å²) in [6, 6.07) is 6.98. The summed E-state index contributed by atoms with van der Waals surface area (Å²) in [4.78, 5) is 2.61. The van der Waals surface area contributed by atoms with Crippen molar-refractivity contribution in [3.8, 4) is 6.07 Å². The molecule has 0 aromatic heterocycles. The van der Waals surface area contributed by atoms with Gasteiger partial charge in [0.2, 0.25) is 0 Å². The van der Waals surface area contributed by atoms with E-state index in [1.807, 2.05) is 0 Å². The average Bonchev–Trinajstić information content (AvgIpc) is 2.71. The van der Waals surface area contributed by atoms with Gasteiger partial charge in [0, 0.05) is 30.3 Å². The smallest absolute Gasteiger partial charge is 0.126 e. The first-order valence-corrected chi connectivity index (χ1v) is 12.0. The average molecular weight is 431 g/mol. The molecule has 0 N–H and O–H groups in total. The van der Waals surface area contributed by atoms with Crippen molar-refractivity contribution in [3.05, 3.63) is 58.4 Å². The molecule has 3 heterocycles. The van der Waals surface area contributed by atoms with Crippen LogP contribution in [-0.4, -0.2) is 19.2 Å². The maximum absolute atomic E-state index is 9.15. The predicted molar refractivity (Wildman–Crippen MR) is 134 cm³/mol. The Hall–Kier alpha value is -2.47. The van der Waals surface area contributed by atoms with Gasteiger partial charge in [-0.2, -0.15) is 5.26 Å². The van der Waals surface area contributed by atoms with E-state index >= 15 is 0 Å². The second-order valence-electron chi connectivity index (χ2n) is 12.1. The second-order valence-corrected chi connectivity index (χ2v) is 12.1. The minimum Gasteiger partial charge on any atom is -0.486 e. The van der Waals surface area contributed by atoms with Gasteiger partial charge in [0.05, 0.1) is 6.07 Å². The van der Waals surface area contributed by atoms with Crippen molar-refractivity contribution >= 4 is 11.8 Å². The Morgan fingerprint density at radius 2 is 1.62 bits per heavy atom. The van der Waals surface area contributed by atoms with Gasteiger partial charge in [-0.3, -0.25) is 0 Å². The van der Waals surface area contributed by atoms with Crippen LogP contribution in [0, 0.1) is 16.7 Å². The summed E-state index contributed by atoms with van der Waals surface area (Å²) in [6.45, 7) is 18.4. The van der Waals surface area contributed by atoms with Crippen LogP contribution in [-0.2, 0) is 15.6 Å². The highest BCUT2D eigenvalue weighted by Crippen LogP contribution is 2.49. The molecule has 3 heteroatoms. The molecule has 1 atom stereocenters. The summed E-state index contributed by atoms with van der Waals surface area (Å²) in [7, 11) is 0. The molecule has 1 unspecified atom stereocenters. The molecule has 0 aliphatic carbocycles. The first-order valence-electron chi connectivity index (χ1n) is 12.0. The van der Waals surface area contributed by atoms with Crippen LogP contribution in [0.15, 0.2) is 41.7 Å². The summed E-state index contributed by atoms with van der Waals surface area (Å²) < 4.78 is 6.36. The van der Waals surface area contributed by atoms with Crippen molar-refractivity contribution in [1.29, 1.82) is 5.26 Å². The molecule has 0 radical (unpaired) electrons. The number of anilines is 1. The van der Waals surface area contributed by atoms with E-state index in [1.54, 1.807) is 6.08 Å². The Kier molecular flexibility index (Phi) is 5.56. The van der Waals surface area contributed by atoms with Crippen LogP contribution < -0.4 is 4.90 Å². The predicted octanol–water partition coefficient (Wildman–Crippen LogP) is 7.04. The van der Waals surface area contributed by atoms with Crippen LogP contribution >= 0.6 is 0 Å². The molecule has 0 saturated carbocycles. The van der Waals surface area contributed by atoms with Crippen molar-refractivity contribution < 1.29 is 4.74 Å². The van der Waals surface area contributed by atoms with E-state index in [2.05, 4.69) is 89.8 Å². The highest BCUT2D eigenvalue weighted by molar-refractivity contribution is 5.72. The van der Waals surface area contributed by atoms with Gasteiger partial charge in [-0.1, -0.05) is 54.5 Å². The highest BCUT2D eigenvalue weighted by Gasteiger charge is 2.40. The largest absolute Gasteiger partial charge is 0.486 e. The zero-order valence-corrected chi connectivity index (χ0v) is 20.9. The Labute approximate surface area is 194 Å². The number of hydrogen-bond donors (Lipinski definition) is 0. The van der Waals surface area contributed by atoms with Crippen LogP contribution in [0.2, 0.25) is 0 Å². The van der Waals surface area contributed by atoms with Gasteiger partial charge < -0.3 is 9.64 Å². The first kappa shape index (κ1) is 22.7. The van der Waals surface area contributed by atoms with E-state index in [4.69, 9.17) is 10.00 Å². The number of ether oxygens (including phenoxy) is 1. The molecule has 0 amide bonds. The lowest BCUT2D eigenvalue weighted by molar-refractivity contribution is 0.0529. The van der Waals surface area contributed by atoms with Gasteiger partial charge >= 0.3 is 0 Å². The summed E-state index contributed by atoms with van der Waals surface area (Å²) >= 11 is 0. The van der Waals surface area contributed by atoms with Crippen molar-refractivity contribution in [2.24, 2.45) is 5.41 Å². The Balaban J connectivity index is 1.70. The molecule has 170 valence electrons. The second kappa shape index (κ2) is 7.84. The van der Waals surface area contributed by atoms with Crippen LogP contribution in [0.1, 0.15) is 84.4 Å². The fourth-order valence-corrected chi connectivity index (χ4v) is 5.38. The zero-order valence-electron chi connectivity index (χ0n) is 20.9.